The highest BCUT2D eigenvalue weighted by Crippen LogP contribution is 2.33. The molecule has 1 aliphatic heterocycles. The van der Waals surface area contributed by atoms with Crippen molar-refractivity contribution >= 4 is 29.0 Å². The van der Waals surface area contributed by atoms with Crippen LogP contribution in [0, 0.1) is 6.92 Å². The fraction of sp³-hybridized carbons (Fsp3) is 0.263. The van der Waals surface area contributed by atoms with Crippen molar-refractivity contribution in [2.75, 3.05) is 5.32 Å². The summed E-state index contributed by atoms with van der Waals surface area (Å²) in [6, 6.07) is 10.2. The molecule has 1 heterocycles. The summed E-state index contributed by atoms with van der Waals surface area (Å²) in [6.07, 6.45) is 0.290. The molecule has 1 aliphatic rings. The maximum absolute atomic E-state index is 12.5. The van der Waals surface area contributed by atoms with Crippen LogP contribution in [0.25, 0.3) is 0 Å². The number of carbonyl (C=O) groups is 2. The molecule has 0 atom stereocenters. The molecule has 0 bridgehead atoms. The number of hydrogen-bond acceptors (Lipinski definition) is 3. The molecule has 1 N–H and O–H groups in total. The zero-order valence-electron chi connectivity index (χ0n) is 13.8. The number of ether oxygens (including phenoxy) is 1. The fourth-order valence-corrected chi connectivity index (χ4v) is 2.89. The van der Waals surface area contributed by atoms with E-state index < -0.39 is 5.60 Å². The largest absolute Gasteiger partial charge is 0.487 e. The summed E-state index contributed by atoms with van der Waals surface area (Å²) in [4.78, 5) is 24.8. The monoisotopic (exact) mass is 343 g/mol. The molecule has 2 aromatic rings. The molecular formula is C19H18ClNO3. The minimum Gasteiger partial charge on any atom is -0.487 e. The van der Waals surface area contributed by atoms with Crippen LogP contribution >= 0.6 is 11.6 Å². The zero-order chi connectivity index (χ0) is 17.5. The minimum absolute atomic E-state index is 0.0187. The maximum Gasteiger partial charge on any atom is 0.255 e. The molecule has 4 nitrogen and oxygen atoms in total. The molecule has 5 heteroatoms. The van der Waals surface area contributed by atoms with Crippen LogP contribution in [-0.2, 0) is 0 Å². The second-order valence-corrected chi connectivity index (χ2v) is 7.02. The van der Waals surface area contributed by atoms with E-state index in [2.05, 4.69) is 5.32 Å². The maximum atomic E-state index is 12.5. The van der Waals surface area contributed by atoms with Gasteiger partial charge in [-0.25, -0.2) is 0 Å². The Morgan fingerprint density at radius 2 is 1.96 bits per heavy atom. The third-order valence-electron chi connectivity index (χ3n) is 3.96. The first-order chi connectivity index (χ1) is 11.2. The van der Waals surface area contributed by atoms with Crippen molar-refractivity contribution in [3.8, 4) is 5.75 Å². The van der Waals surface area contributed by atoms with Crippen LogP contribution in [0.4, 0.5) is 5.69 Å². The van der Waals surface area contributed by atoms with E-state index in [-0.39, 0.29) is 11.7 Å². The highest BCUT2D eigenvalue weighted by Gasteiger charge is 2.32. The lowest BCUT2D eigenvalue weighted by Gasteiger charge is -2.31. The van der Waals surface area contributed by atoms with Crippen molar-refractivity contribution in [2.45, 2.75) is 32.8 Å². The second-order valence-electron chi connectivity index (χ2n) is 6.59. The Morgan fingerprint density at radius 3 is 2.71 bits per heavy atom. The van der Waals surface area contributed by atoms with Crippen molar-refractivity contribution in [2.24, 2.45) is 0 Å². The van der Waals surface area contributed by atoms with Crippen molar-refractivity contribution in [1.29, 1.82) is 0 Å². The molecule has 0 spiro atoms. The van der Waals surface area contributed by atoms with Gasteiger partial charge in [0.2, 0.25) is 0 Å². The van der Waals surface area contributed by atoms with E-state index >= 15 is 0 Å². The Kier molecular flexibility index (Phi) is 4.10. The first-order valence-corrected chi connectivity index (χ1v) is 8.07. The van der Waals surface area contributed by atoms with E-state index in [9.17, 15) is 9.59 Å². The van der Waals surface area contributed by atoms with Gasteiger partial charge in [-0.05, 0) is 56.7 Å². The molecule has 124 valence electrons. The number of carbonyl (C=O) groups excluding carboxylic acids is 2. The van der Waals surface area contributed by atoms with Gasteiger partial charge in [-0.3, -0.25) is 9.59 Å². The van der Waals surface area contributed by atoms with Crippen LogP contribution in [-0.4, -0.2) is 17.3 Å². The molecule has 3 rings (SSSR count). The number of ketones is 1. The Hall–Kier alpha value is -2.33. The van der Waals surface area contributed by atoms with Crippen LogP contribution in [0.15, 0.2) is 36.4 Å². The quantitative estimate of drug-likeness (QED) is 0.863. The van der Waals surface area contributed by atoms with Crippen LogP contribution in [0.1, 0.15) is 46.5 Å². The van der Waals surface area contributed by atoms with Gasteiger partial charge >= 0.3 is 0 Å². The topological polar surface area (TPSA) is 55.4 Å². The van der Waals surface area contributed by atoms with Crippen molar-refractivity contribution in [3.63, 3.8) is 0 Å². The first-order valence-electron chi connectivity index (χ1n) is 7.69. The average molecular weight is 344 g/mol. The van der Waals surface area contributed by atoms with Gasteiger partial charge in [-0.1, -0.05) is 17.7 Å². The lowest BCUT2D eigenvalue weighted by molar-refractivity contribution is 0.0620. The minimum atomic E-state index is -0.522. The molecule has 0 saturated heterocycles. The van der Waals surface area contributed by atoms with Crippen LogP contribution < -0.4 is 10.1 Å². The highest BCUT2D eigenvalue weighted by molar-refractivity contribution is 6.31. The van der Waals surface area contributed by atoms with Crippen molar-refractivity contribution in [3.05, 3.63) is 58.1 Å². The number of fused-ring (bicyclic) bond motifs is 1. The summed E-state index contributed by atoms with van der Waals surface area (Å²) < 4.78 is 5.81. The van der Waals surface area contributed by atoms with E-state index in [0.717, 1.165) is 5.56 Å². The molecule has 0 saturated carbocycles. The van der Waals surface area contributed by atoms with E-state index in [1.165, 1.54) is 0 Å². The number of Topliss-reactive ketones (excluding diaryl/α,β-unsaturated/α-hetero) is 1. The summed E-state index contributed by atoms with van der Waals surface area (Å²) in [5, 5.41) is 3.38. The first kappa shape index (κ1) is 16.5. The van der Waals surface area contributed by atoms with Crippen molar-refractivity contribution < 1.29 is 14.3 Å². The Balaban J connectivity index is 1.88. The molecule has 0 aromatic heterocycles. The standard InChI is InChI=1S/C19H18ClNO3/c1-11-4-6-13(20)9-15(11)21-18(23)12-5-7-17-14(8-12)16(22)10-19(2,3)24-17/h4-9H,10H2,1-3H3,(H,21,23). The van der Waals surface area contributed by atoms with E-state index in [1.807, 2.05) is 26.8 Å². The fourth-order valence-electron chi connectivity index (χ4n) is 2.72. The number of halogens is 1. The van der Waals surface area contributed by atoms with E-state index in [1.54, 1.807) is 30.3 Å². The smallest absolute Gasteiger partial charge is 0.255 e. The summed E-state index contributed by atoms with van der Waals surface area (Å²) in [5.41, 5.74) is 1.89. The lowest BCUT2D eigenvalue weighted by Crippen LogP contribution is -2.36. The summed E-state index contributed by atoms with van der Waals surface area (Å²) in [7, 11) is 0. The average Bonchev–Trinajstić information content (AvgIpc) is 2.49. The van der Waals surface area contributed by atoms with Crippen molar-refractivity contribution in [1.82, 2.24) is 0 Å². The normalized spacial score (nSPS) is 15.4. The zero-order valence-corrected chi connectivity index (χ0v) is 14.5. The van der Waals surface area contributed by atoms with Gasteiger partial charge < -0.3 is 10.1 Å². The molecule has 0 aliphatic carbocycles. The van der Waals surface area contributed by atoms with Gasteiger partial charge in [0.25, 0.3) is 5.91 Å². The predicted molar refractivity (Wildman–Crippen MR) is 94.2 cm³/mol. The van der Waals surface area contributed by atoms with Gasteiger partial charge in [-0.2, -0.15) is 0 Å². The molecule has 0 unspecified atom stereocenters. The van der Waals surface area contributed by atoms with Gasteiger partial charge in [0.05, 0.1) is 12.0 Å². The summed E-state index contributed by atoms with van der Waals surface area (Å²) in [5.74, 6) is 0.211. The number of rotatable bonds is 2. The van der Waals surface area contributed by atoms with Gasteiger partial charge in [0.15, 0.2) is 5.78 Å². The van der Waals surface area contributed by atoms with Gasteiger partial charge in [0.1, 0.15) is 11.4 Å². The second kappa shape index (κ2) is 5.95. The van der Waals surface area contributed by atoms with Crippen LogP contribution in [0.5, 0.6) is 5.75 Å². The number of hydrogen-bond donors (Lipinski definition) is 1. The predicted octanol–water partition coefficient (Wildman–Crippen LogP) is 4.64. The van der Waals surface area contributed by atoms with Crippen LogP contribution in [0.3, 0.4) is 0 Å². The van der Waals surface area contributed by atoms with Gasteiger partial charge in [-0.15, -0.1) is 0 Å². The Morgan fingerprint density at radius 1 is 1.21 bits per heavy atom. The lowest BCUT2D eigenvalue weighted by atomic mass is 9.92. The van der Waals surface area contributed by atoms with E-state index in [0.29, 0.717) is 34.0 Å². The number of aryl methyl sites for hydroxylation is 1. The summed E-state index contributed by atoms with van der Waals surface area (Å²) >= 11 is 5.97. The molecule has 2 aromatic carbocycles. The molecule has 0 fully saturated rings. The molecule has 1 amide bonds. The third-order valence-corrected chi connectivity index (χ3v) is 4.20. The highest BCUT2D eigenvalue weighted by atomic mass is 35.5. The number of anilines is 1. The third kappa shape index (κ3) is 3.29. The van der Waals surface area contributed by atoms with Gasteiger partial charge in [0, 0.05) is 16.3 Å². The number of amides is 1. The Labute approximate surface area is 145 Å². The molecular weight excluding hydrogens is 326 g/mol. The Bertz CT molecular complexity index is 843. The SMILES string of the molecule is Cc1ccc(Cl)cc1NC(=O)c1ccc2c(c1)C(=O)CC(C)(C)O2. The summed E-state index contributed by atoms with van der Waals surface area (Å²) in [6.45, 7) is 5.63. The molecule has 0 radical (unpaired) electrons. The van der Waals surface area contributed by atoms with E-state index in [4.69, 9.17) is 16.3 Å². The molecule has 24 heavy (non-hydrogen) atoms. The number of benzene rings is 2. The van der Waals surface area contributed by atoms with Crippen LogP contribution in [0.2, 0.25) is 5.02 Å². The number of nitrogens with one attached hydrogen (secondary N) is 1.